The number of aromatic nitrogens is 3. The molecule has 0 saturated carbocycles. The van der Waals surface area contributed by atoms with E-state index >= 15 is 0 Å². The first kappa shape index (κ1) is 17.0. The Balaban J connectivity index is 1.66. The summed E-state index contributed by atoms with van der Waals surface area (Å²) in [7, 11) is 0. The molecular formula is C14H13ClN4O3S2. The molecule has 0 unspecified atom stereocenters. The van der Waals surface area contributed by atoms with Gasteiger partial charge in [-0.2, -0.15) is 0 Å². The van der Waals surface area contributed by atoms with Gasteiger partial charge in [-0.3, -0.25) is 9.36 Å². The van der Waals surface area contributed by atoms with Crippen LogP contribution in [-0.4, -0.2) is 26.4 Å². The van der Waals surface area contributed by atoms with Crippen molar-refractivity contribution in [3.8, 4) is 0 Å². The van der Waals surface area contributed by atoms with E-state index in [1.165, 1.54) is 15.9 Å². The summed E-state index contributed by atoms with van der Waals surface area (Å²) in [6.07, 6.45) is 0.118. The van der Waals surface area contributed by atoms with Crippen molar-refractivity contribution in [2.75, 3.05) is 11.1 Å². The Labute approximate surface area is 150 Å². The van der Waals surface area contributed by atoms with Crippen molar-refractivity contribution >= 4 is 56.8 Å². The standard InChI is InChI=1S/C14H13ClN4O3S2/c1-2-23-13-18-17-12(24-13)16-11(20)5-6-19-9-4-3-8(15)7-10(9)22-14(19)21/h3-4,7H,2,5-6H2,1H3,(H,16,17,20). The second kappa shape index (κ2) is 7.37. The summed E-state index contributed by atoms with van der Waals surface area (Å²) in [5.41, 5.74) is 1.01. The van der Waals surface area contributed by atoms with Crippen LogP contribution in [0, 0.1) is 0 Å². The van der Waals surface area contributed by atoms with Crippen molar-refractivity contribution < 1.29 is 9.21 Å². The van der Waals surface area contributed by atoms with Gasteiger partial charge in [0.25, 0.3) is 0 Å². The molecule has 2 aromatic heterocycles. The molecule has 10 heteroatoms. The molecule has 0 aliphatic carbocycles. The minimum atomic E-state index is -0.516. The fraction of sp³-hybridized carbons (Fsp3) is 0.286. The van der Waals surface area contributed by atoms with E-state index in [0.29, 0.717) is 21.3 Å². The minimum Gasteiger partial charge on any atom is -0.408 e. The lowest BCUT2D eigenvalue weighted by Crippen LogP contribution is -2.19. The molecule has 0 radical (unpaired) electrons. The Hall–Kier alpha value is -1.84. The van der Waals surface area contributed by atoms with E-state index in [0.717, 1.165) is 10.1 Å². The number of thioether (sulfide) groups is 1. The number of carbonyl (C=O) groups excluding carboxylic acids is 1. The molecule has 1 N–H and O–H groups in total. The zero-order valence-corrected chi connectivity index (χ0v) is 15.0. The maximum atomic E-state index is 12.0. The summed E-state index contributed by atoms with van der Waals surface area (Å²) < 4.78 is 7.34. The third kappa shape index (κ3) is 3.80. The zero-order chi connectivity index (χ0) is 17.1. The van der Waals surface area contributed by atoms with Crippen molar-refractivity contribution in [2.24, 2.45) is 0 Å². The van der Waals surface area contributed by atoms with Crippen molar-refractivity contribution in [1.82, 2.24) is 14.8 Å². The first-order valence-corrected chi connectivity index (χ1v) is 9.30. The summed E-state index contributed by atoms with van der Waals surface area (Å²) in [5.74, 6) is 0.135. The Bertz CT molecular complexity index is 934. The second-order valence-electron chi connectivity index (χ2n) is 4.74. The van der Waals surface area contributed by atoms with Crippen LogP contribution in [0.4, 0.5) is 5.13 Å². The molecule has 0 aliphatic heterocycles. The molecule has 0 aliphatic rings. The predicted molar refractivity (Wildman–Crippen MR) is 95.0 cm³/mol. The van der Waals surface area contributed by atoms with Crippen molar-refractivity contribution in [3.05, 3.63) is 33.8 Å². The van der Waals surface area contributed by atoms with Gasteiger partial charge >= 0.3 is 5.76 Å². The average Bonchev–Trinajstić information content (AvgIpc) is 3.09. The average molecular weight is 385 g/mol. The maximum Gasteiger partial charge on any atom is 0.419 e. The summed E-state index contributed by atoms with van der Waals surface area (Å²) >= 11 is 8.76. The van der Waals surface area contributed by atoms with Crippen LogP contribution in [0.15, 0.2) is 31.8 Å². The van der Waals surface area contributed by atoms with Gasteiger partial charge in [0.15, 0.2) is 9.92 Å². The Morgan fingerprint density at radius 3 is 3.08 bits per heavy atom. The van der Waals surface area contributed by atoms with Crippen LogP contribution in [0.2, 0.25) is 5.02 Å². The van der Waals surface area contributed by atoms with Crippen LogP contribution >= 0.6 is 34.7 Å². The van der Waals surface area contributed by atoms with Crippen molar-refractivity contribution in [3.63, 3.8) is 0 Å². The molecule has 1 amide bonds. The highest BCUT2D eigenvalue weighted by Crippen LogP contribution is 2.25. The number of benzene rings is 1. The molecule has 0 saturated heterocycles. The van der Waals surface area contributed by atoms with Crippen LogP contribution in [0.3, 0.4) is 0 Å². The monoisotopic (exact) mass is 384 g/mol. The topological polar surface area (TPSA) is 90.0 Å². The molecule has 0 bridgehead atoms. The lowest BCUT2D eigenvalue weighted by Gasteiger charge is -2.02. The van der Waals surface area contributed by atoms with Gasteiger partial charge in [0.2, 0.25) is 11.0 Å². The SMILES string of the molecule is CCSc1nnc(NC(=O)CCn2c(=O)oc3cc(Cl)ccc32)s1. The largest absolute Gasteiger partial charge is 0.419 e. The van der Waals surface area contributed by atoms with E-state index in [1.54, 1.807) is 30.0 Å². The summed E-state index contributed by atoms with van der Waals surface area (Å²) in [6, 6.07) is 4.94. The number of nitrogens with one attached hydrogen (secondary N) is 1. The molecule has 7 nitrogen and oxygen atoms in total. The second-order valence-corrected chi connectivity index (χ2v) is 7.66. The third-order valence-corrected chi connectivity index (χ3v) is 5.20. The van der Waals surface area contributed by atoms with Crippen molar-refractivity contribution in [2.45, 2.75) is 24.2 Å². The Morgan fingerprint density at radius 1 is 1.46 bits per heavy atom. The van der Waals surface area contributed by atoms with E-state index in [1.807, 2.05) is 6.92 Å². The highest BCUT2D eigenvalue weighted by molar-refractivity contribution is 8.01. The van der Waals surface area contributed by atoms with Gasteiger partial charge in [-0.15, -0.1) is 10.2 Å². The highest BCUT2D eigenvalue weighted by Gasteiger charge is 2.13. The number of halogens is 1. The predicted octanol–water partition coefficient (Wildman–Crippen LogP) is 3.24. The van der Waals surface area contributed by atoms with Gasteiger partial charge in [0.05, 0.1) is 5.52 Å². The first-order valence-electron chi connectivity index (χ1n) is 7.12. The first-order chi connectivity index (χ1) is 11.6. The summed E-state index contributed by atoms with van der Waals surface area (Å²) in [6.45, 7) is 2.22. The van der Waals surface area contributed by atoms with Crippen LogP contribution in [-0.2, 0) is 11.3 Å². The quantitative estimate of drug-likeness (QED) is 0.518. The number of fused-ring (bicyclic) bond motifs is 1. The molecular weight excluding hydrogens is 372 g/mol. The zero-order valence-electron chi connectivity index (χ0n) is 12.6. The number of carbonyl (C=O) groups is 1. The normalized spacial score (nSPS) is 11.1. The number of amides is 1. The number of nitrogens with zero attached hydrogens (tertiary/aromatic N) is 3. The molecule has 3 aromatic rings. The van der Waals surface area contributed by atoms with Crippen LogP contribution in [0.5, 0.6) is 0 Å². The Kier molecular flexibility index (Phi) is 5.22. The lowest BCUT2D eigenvalue weighted by molar-refractivity contribution is -0.116. The molecule has 24 heavy (non-hydrogen) atoms. The van der Waals surface area contributed by atoms with Gasteiger partial charge < -0.3 is 9.73 Å². The fourth-order valence-corrected chi connectivity index (χ4v) is 3.92. The van der Waals surface area contributed by atoms with E-state index in [2.05, 4.69) is 15.5 Å². The van der Waals surface area contributed by atoms with Gasteiger partial charge in [-0.05, 0) is 17.9 Å². The Morgan fingerprint density at radius 2 is 2.29 bits per heavy atom. The highest BCUT2D eigenvalue weighted by atomic mass is 35.5. The van der Waals surface area contributed by atoms with Crippen molar-refractivity contribution in [1.29, 1.82) is 0 Å². The molecule has 2 heterocycles. The van der Waals surface area contributed by atoms with E-state index in [4.69, 9.17) is 16.0 Å². The number of oxazole rings is 1. The van der Waals surface area contributed by atoms with Crippen LogP contribution in [0.25, 0.3) is 11.1 Å². The van der Waals surface area contributed by atoms with Gasteiger partial charge in [0, 0.05) is 24.1 Å². The lowest BCUT2D eigenvalue weighted by atomic mass is 10.3. The summed E-state index contributed by atoms with van der Waals surface area (Å²) in [5, 5.41) is 11.5. The van der Waals surface area contributed by atoms with Crippen LogP contribution in [0.1, 0.15) is 13.3 Å². The third-order valence-electron chi connectivity index (χ3n) is 3.11. The molecule has 0 fully saturated rings. The number of rotatable bonds is 6. The number of hydrogen-bond acceptors (Lipinski definition) is 7. The molecule has 3 rings (SSSR count). The molecule has 126 valence electrons. The van der Waals surface area contributed by atoms with E-state index in [-0.39, 0.29) is 18.9 Å². The smallest absolute Gasteiger partial charge is 0.408 e. The molecule has 0 spiro atoms. The maximum absolute atomic E-state index is 12.0. The molecule has 1 aromatic carbocycles. The molecule has 0 atom stereocenters. The minimum absolute atomic E-state index is 0.118. The van der Waals surface area contributed by atoms with Gasteiger partial charge in [-0.1, -0.05) is 41.6 Å². The van der Waals surface area contributed by atoms with Crippen LogP contribution < -0.4 is 11.1 Å². The number of aryl methyl sites for hydroxylation is 1. The van der Waals surface area contributed by atoms with Gasteiger partial charge in [-0.25, -0.2) is 4.79 Å². The summed E-state index contributed by atoms with van der Waals surface area (Å²) in [4.78, 5) is 23.9. The number of anilines is 1. The van der Waals surface area contributed by atoms with Gasteiger partial charge in [0.1, 0.15) is 0 Å². The van der Waals surface area contributed by atoms with E-state index in [9.17, 15) is 9.59 Å². The fourth-order valence-electron chi connectivity index (χ4n) is 2.09. The van der Waals surface area contributed by atoms with E-state index < -0.39 is 5.76 Å². The number of hydrogen-bond donors (Lipinski definition) is 1.